The van der Waals surface area contributed by atoms with Crippen LogP contribution < -0.4 is 11.1 Å². The maximum atomic E-state index is 12.0. The highest BCUT2D eigenvalue weighted by molar-refractivity contribution is 6.20. The predicted octanol–water partition coefficient (Wildman–Crippen LogP) is 0.579. The molecule has 22 heavy (non-hydrogen) atoms. The molecule has 0 radical (unpaired) electrons. The summed E-state index contributed by atoms with van der Waals surface area (Å²) in [6, 6.07) is 5.62. The Hall–Kier alpha value is -2.90. The molecule has 0 unspecified atom stereocenters. The summed E-state index contributed by atoms with van der Waals surface area (Å²) in [6.07, 6.45) is 0.982. The van der Waals surface area contributed by atoms with Crippen LogP contribution in [0.1, 0.15) is 40.0 Å². The zero-order chi connectivity index (χ0) is 16.1. The van der Waals surface area contributed by atoms with Crippen molar-refractivity contribution in [2.75, 3.05) is 6.54 Å². The average molecular weight is 305 g/mol. The second-order valence-electron chi connectivity index (χ2n) is 4.66. The Kier molecular flexibility index (Phi) is 4.72. The molecule has 0 bridgehead atoms. The van der Waals surface area contributed by atoms with E-state index in [2.05, 4.69) is 5.32 Å². The maximum absolute atomic E-state index is 12.0. The minimum absolute atomic E-state index is 0.0217. The first-order valence-electron chi connectivity index (χ1n) is 6.72. The summed E-state index contributed by atoms with van der Waals surface area (Å²) in [7, 11) is 0. The molecule has 1 aliphatic rings. The molecule has 2 rings (SSSR count). The SMILES string of the molecule is NC(=O)NCCCCC(=O)ON1C(=O)c2ccccc2C1=O. The second kappa shape index (κ2) is 6.70. The monoisotopic (exact) mass is 305 g/mol. The van der Waals surface area contributed by atoms with Gasteiger partial charge in [-0.25, -0.2) is 9.59 Å². The summed E-state index contributed by atoms with van der Waals surface area (Å²) in [6.45, 7) is 0.343. The number of hydroxylamine groups is 2. The number of imide groups is 1. The van der Waals surface area contributed by atoms with Crippen molar-refractivity contribution < 1.29 is 24.0 Å². The van der Waals surface area contributed by atoms with Crippen LogP contribution in [-0.4, -0.2) is 35.4 Å². The van der Waals surface area contributed by atoms with Crippen molar-refractivity contribution >= 4 is 23.8 Å². The first kappa shape index (κ1) is 15.5. The standard InChI is InChI=1S/C14H15N3O5/c15-14(21)16-8-4-3-7-11(18)22-17-12(19)9-5-1-2-6-10(9)13(17)20/h1-2,5-6H,3-4,7-8H2,(H3,15,16,21). The van der Waals surface area contributed by atoms with Gasteiger partial charge in [0.05, 0.1) is 11.1 Å². The van der Waals surface area contributed by atoms with Crippen LogP contribution in [0.2, 0.25) is 0 Å². The molecule has 0 aromatic heterocycles. The highest BCUT2D eigenvalue weighted by Crippen LogP contribution is 2.22. The quantitative estimate of drug-likeness (QED) is 0.588. The fraction of sp³-hybridized carbons (Fsp3) is 0.286. The maximum Gasteiger partial charge on any atom is 0.333 e. The van der Waals surface area contributed by atoms with E-state index in [0.29, 0.717) is 24.4 Å². The largest absolute Gasteiger partial charge is 0.352 e. The van der Waals surface area contributed by atoms with Crippen LogP contribution in [0.3, 0.4) is 0 Å². The topological polar surface area (TPSA) is 119 Å². The first-order chi connectivity index (χ1) is 10.5. The van der Waals surface area contributed by atoms with Crippen LogP contribution >= 0.6 is 0 Å². The molecular weight excluding hydrogens is 290 g/mol. The Morgan fingerprint density at radius 1 is 1.09 bits per heavy atom. The van der Waals surface area contributed by atoms with Gasteiger partial charge in [-0.1, -0.05) is 17.2 Å². The molecule has 0 spiro atoms. The number of benzene rings is 1. The number of urea groups is 1. The van der Waals surface area contributed by atoms with Gasteiger partial charge >= 0.3 is 12.0 Å². The van der Waals surface area contributed by atoms with E-state index in [0.717, 1.165) is 0 Å². The predicted molar refractivity (Wildman–Crippen MR) is 74.5 cm³/mol. The van der Waals surface area contributed by atoms with Gasteiger partial charge in [-0.05, 0) is 25.0 Å². The number of rotatable bonds is 6. The molecule has 0 fully saturated rings. The van der Waals surface area contributed by atoms with Crippen molar-refractivity contribution in [1.82, 2.24) is 10.4 Å². The molecule has 4 amide bonds. The number of primary amides is 1. The van der Waals surface area contributed by atoms with Crippen molar-refractivity contribution in [2.24, 2.45) is 5.73 Å². The normalized spacial score (nSPS) is 13.0. The third-order valence-electron chi connectivity index (χ3n) is 3.06. The van der Waals surface area contributed by atoms with E-state index in [9.17, 15) is 19.2 Å². The lowest BCUT2D eigenvalue weighted by molar-refractivity contribution is -0.168. The van der Waals surface area contributed by atoms with Crippen molar-refractivity contribution in [3.05, 3.63) is 35.4 Å². The van der Waals surface area contributed by atoms with E-state index in [1.54, 1.807) is 12.1 Å². The highest BCUT2D eigenvalue weighted by Gasteiger charge is 2.38. The van der Waals surface area contributed by atoms with Crippen molar-refractivity contribution in [3.63, 3.8) is 0 Å². The lowest BCUT2D eigenvalue weighted by atomic mass is 10.1. The molecule has 8 nitrogen and oxygen atoms in total. The van der Waals surface area contributed by atoms with Crippen LogP contribution in [0.4, 0.5) is 4.79 Å². The van der Waals surface area contributed by atoms with E-state index in [1.165, 1.54) is 12.1 Å². The van der Waals surface area contributed by atoms with E-state index in [-0.39, 0.29) is 17.5 Å². The number of nitrogens with one attached hydrogen (secondary N) is 1. The zero-order valence-corrected chi connectivity index (χ0v) is 11.7. The van der Waals surface area contributed by atoms with Gasteiger partial charge in [0, 0.05) is 13.0 Å². The summed E-state index contributed by atoms with van der Waals surface area (Å²) in [5, 5.41) is 2.87. The minimum atomic E-state index is -0.686. The number of fused-ring (bicyclic) bond motifs is 1. The number of carbonyl (C=O) groups excluding carboxylic acids is 4. The molecule has 1 aromatic carbocycles. The number of nitrogens with two attached hydrogens (primary N) is 1. The summed E-state index contributed by atoms with van der Waals surface area (Å²) in [4.78, 5) is 50.9. The Labute approximate surface area is 126 Å². The molecule has 116 valence electrons. The Balaban J connectivity index is 1.82. The fourth-order valence-corrected chi connectivity index (χ4v) is 2.00. The number of hydrogen-bond acceptors (Lipinski definition) is 5. The van der Waals surface area contributed by atoms with Gasteiger partial charge in [0.1, 0.15) is 0 Å². The number of carbonyl (C=O) groups is 4. The molecule has 0 aliphatic carbocycles. The number of nitrogens with zero attached hydrogens (tertiary/aromatic N) is 1. The Morgan fingerprint density at radius 2 is 1.68 bits per heavy atom. The second-order valence-corrected chi connectivity index (χ2v) is 4.66. The first-order valence-corrected chi connectivity index (χ1v) is 6.72. The van der Waals surface area contributed by atoms with Gasteiger partial charge in [-0.3, -0.25) is 9.59 Å². The van der Waals surface area contributed by atoms with Crippen molar-refractivity contribution in [3.8, 4) is 0 Å². The average Bonchev–Trinajstić information content (AvgIpc) is 2.72. The van der Waals surface area contributed by atoms with Crippen LogP contribution in [0, 0.1) is 0 Å². The molecule has 1 heterocycles. The number of hydrogen-bond donors (Lipinski definition) is 2. The van der Waals surface area contributed by atoms with Gasteiger partial charge in [0.25, 0.3) is 11.8 Å². The fourth-order valence-electron chi connectivity index (χ4n) is 2.00. The number of unbranched alkanes of at least 4 members (excludes halogenated alkanes) is 1. The van der Waals surface area contributed by atoms with Crippen LogP contribution in [0.25, 0.3) is 0 Å². The molecule has 8 heteroatoms. The molecule has 0 saturated carbocycles. The van der Waals surface area contributed by atoms with E-state index in [4.69, 9.17) is 10.6 Å². The van der Waals surface area contributed by atoms with Crippen LogP contribution in [0.5, 0.6) is 0 Å². The molecule has 0 saturated heterocycles. The van der Waals surface area contributed by atoms with Gasteiger partial charge in [0.15, 0.2) is 0 Å². The number of amides is 4. The highest BCUT2D eigenvalue weighted by atomic mass is 16.7. The third kappa shape index (κ3) is 3.40. The summed E-state index contributed by atoms with van der Waals surface area (Å²) in [5.74, 6) is -1.98. The van der Waals surface area contributed by atoms with Gasteiger partial charge in [-0.15, -0.1) is 0 Å². The summed E-state index contributed by atoms with van der Waals surface area (Å²) >= 11 is 0. The molecule has 0 atom stereocenters. The van der Waals surface area contributed by atoms with E-state index >= 15 is 0 Å². The molecule has 1 aliphatic heterocycles. The van der Waals surface area contributed by atoms with Gasteiger partial charge in [0.2, 0.25) is 0 Å². The third-order valence-corrected chi connectivity index (χ3v) is 3.06. The molecule has 1 aromatic rings. The van der Waals surface area contributed by atoms with Gasteiger partial charge < -0.3 is 15.9 Å². The Bertz CT molecular complexity index is 594. The smallest absolute Gasteiger partial charge is 0.333 e. The summed E-state index contributed by atoms with van der Waals surface area (Å²) < 4.78 is 0. The summed E-state index contributed by atoms with van der Waals surface area (Å²) in [5.41, 5.74) is 5.32. The van der Waals surface area contributed by atoms with Crippen LogP contribution in [0.15, 0.2) is 24.3 Å². The zero-order valence-electron chi connectivity index (χ0n) is 11.7. The van der Waals surface area contributed by atoms with E-state index in [1.807, 2.05) is 0 Å². The van der Waals surface area contributed by atoms with Crippen molar-refractivity contribution in [2.45, 2.75) is 19.3 Å². The Morgan fingerprint density at radius 3 is 2.23 bits per heavy atom. The molecular formula is C14H15N3O5. The van der Waals surface area contributed by atoms with Gasteiger partial charge in [-0.2, -0.15) is 0 Å². The van der Waals surface area contributed by atoms with Crippen LogP contribution in [-0.2, 0) is 9.63 Å². The van der Waals surface area contributed by atoms with Crippen molar-refractivity contribution in [1.29, 1.82) is 0 Å². The lowest BCUT2D eigenvalue weighted by Gasteiger charge is -2.12. The van der Waals surface area contributed by atoms with E-state index < -0.39 is 23.8 Å². The minimum Gasteiger partial charge on any atom is -0.352 e. The molecule has 3 N–H and O–H groups in total. The lowest BCUT2D eigenvalue weighted by Crippen LogP contribution is -2.32.